The maximum atomic E-state index is 12.9. The molecule has 0 spiro atoms. The summed E-state index contributed by atoms with van der Waals surface area (Å²) in [5.74, 6) is -0.966. The molecule has 27 heavy (non-hydrogen) atoms. The minimum absolute atomic E-state index is 0.00777. The van der Waals surface area contributed by atoms with Gasteiger partial charge in [0.15, 0.2) is 0 Å². The number of carboxylic acids is 1. The van der Waals surface area contributed by atoms with Gasteiger partial charge in [-0.25, -0.2) is 4.79 Å². The van der Waals surface area contributed by atoms with Gasteiger partial charge in [0.05, 0.1) is 17.8 Å². The van der Waals surface area contributed by atoms with Gasteiger partial charge >= 0.3 is 5.97 Å². The van der Waals surface area contributed by atoms with Crippen LogP contribution in [0.1, 0.15) is 50.9 Å². The monoisotopic (exact) mass is 366 g/mol. The Kier molecular flexibility index (Phi) is 4.22. The number of fused-ring (bicyclic) bond motifs is 1. The first-order valence-electron chi connectivity index (χ1n) is 9.09. The Labute approximate surface area is 156 Å². The molecule has 0 bridgehead atoms. The summed E-state index contributed by atoms with van der Waals surface area (Å²) in [7, 11) is 0. The summed E-state index contributed by atoms with van der Waals surface area (Å²) in [6, 6.07) is 6.23. The number of piperidine rings is 1. The van der Waals surface area contributed by atoms with Gasteiger partial charge in [-0.15, -0.1) is 0 Å². The number of aromatic amines is 1. The number of carboxylic acid groups (broad SMARTS) is 1. The molecular formula is C20H22N4O3. The third-order valence-electron chi connectivity index (χ3n) is 5.29. The molecule has 2 N–H and O–H groups in total. The zero-order chi connectivity index (χ0) is 19.1. The molecule has 0 aliphatic carbocycles. The molecule has 3 heterocycles. The number of carbonyl (C=O) groups is 2. The lowest BCUT2D eigenvalue weighted by Gasteiger charge is -2.31. The first kappa shape index (κ1) is 17.3. The van der Waals surface area contributed by atoms with E-state index in [1.807, 2.05) is 17.9 Å². The fraction of sp³-hybridized carbons (Fsp3) is 0.350. The average molecular weight is 366 g/mol. The van der Waals surface area contributed by atoms with Crippen LogP contribution in [0.3, 0.4) is 0 Å². The van der Waals surface area contributed by atoms with E-state index in [0.29, 0.717) is 18.8 Å². The van der Waals surface area contributed by atoms with Crippen molar-refractivity contribution in [3.63, 3.8) is 0 Å². The maximum absolute atomic E-state index is 12.9. The van der Waals surface area contributed by atoms with E-state index in [9.17, 15) is 9.59 Å². The van der Waals surface area contributed by atoms with Crippen LogP contribution in [0, 0.1) is 13.8 Å². The van der Waals surface area contributed by atoms with Gasteiger partial charge < -0.3 is 15.0 Å². The van der Waals surface area contributed by atoms with Gasteiger partial charge in [0.1, 0.15) is 5.69 Å². The molecule has 7 nitrogen and oxygen atoms in total. The van der Waals surface area contributed by atoms with Crippen molar-refractivity contribution in [2.24, 2.45) is 0 Å². The van der Waals surface area contributed by atoms with Crippen molar-refractivity contribution < 1.29 is 14.7 Å². The second-order valence-electron chi connectivity index (χ2n) is 7.26. The quantitative estimate of drug-likeness (QED) is 0.745. The van der Waals surface area contributed by atoms with Crippen molar-refractivity contribution in [2.75, 3.05) is 13.1 Å². The average Bonchev–Trinajstić information content (AvgIpc) is 3.28. The van der Waals surface area contributed by atoms with Gasteiger partial charge in [0.25, 0.3) is 5.91 Å². The SMILES string of the molecule is Cc1cc(C)c2cc(C(=O)N3CCC(n4cc(C(=O)O)cn4)CC3)[nH]c2c1. The molecular weight excluding hydrogens is 344 g/mol. The van der Waals surface area contributed by atoms with E-state index in [2.05, 4.69) is 29.1 Å². The lowest BCUT2D eigenvalue weighted by Crippen LogP contribution is -2.39. The van der Waals surface area contributed by atoms with Gasteiger partial charge in [-0.2, -0.15) is 5.10 Å². The number of nitrogens with one attached hydrogen (secondary N) is 1. The third-order valence-corrected chi connectivity index (χ3v) is 5.29. The Morgan fingerprint density at radius 1 is 1.19 bits per heavy atom. The third kappa shape index (κ3) is 3.20. The van der Waals surface area contributed by atoms with E-state index < -0.39 is 5.97 Å². The predicted octanol–water partition coefficient (Wildman–Crippen LogP) is 3.16. The van der Waals surface area contributed by atoms with Crippen LogP contribution in [-0.2, 0) is 0 Å². The molecule has 1 amide bonds. The molecule has 0 unspecified atom stereocenters. The number of H-pyrrole nitrogens is 1. The second kappa shape index (κ2) is 6.57. The van der Waals surface area contributed by atoms with Gasteiger partial charge in [0.2, 0.25) is 0 Å². The minimum atomic E-state index is -0.974. The Hall–Kier alpha value is -3.09. The lowest BCUT2D eigenvalue weighted by atomic mass is 10.0. The molecule has 0 saturated carbocycles. The minimum Gasteiger partial charge on any atom is -0.478 e. The number of hydrogen-bond acceptors (Lipinski definition) is 3. The number of amides is 1. The largest absolute Gasteiger partial charge is 0.478 e. The number of rotatable bonds is 3. The van der Waals surface area contributed by atoms with E-state index in [-0.39, 0.29) is 17.5 Å². The molecule has 1 fully saturated rings. The van der Waals surface area contributed by atoms with Gasteiger partial charge in [-0.1, -0.05) is 6.07 Å². The van der Waals surface area contributed by atoms with Crippen molar-refractivity contribution in [3.05, 3.63) is 53.0 Å². The zero-order valence-corrected chi connectivity index (χ0v) is 15.4. The topological polar surface area (TPSA) is 91.2 Å². The smallest absolute Gasteiger partial charge is 0.338 e. The Morgan fingerprint density at radius 2 is 1.93 bits per heavy atom. The first-order chi connectivity index (χ1) is 12.9. The molecule has 1 saturated heterocycles. The number of aromatic carboxylic acids is 1. The van der Waals surface area contributed by atoms with Crippen molar-refractivity contribution >= 4 is 22.8 Å². The molecule has 4 rings (SSSR count). The molecule has 0 radical (unpaired) electrons. The van der Waals surface area contributed by atoms with E-state index in [1.54, 1.807) is 10.9 Å². The lowest BCUT2D eigenvalue weighted by molar-refractivity contribution is 0.0684. The summed E-state index contributed by atoms with van der Waals surface area (Å²) >= 11 is 0. The van der Waals surface area contributed by atoms with Crippen LogP contribution in [0.5, 0.6) is 0 Å². The number of aromatic nitrogens is 3. The summed E-state index contributed by atoms with van der Waals surface area (Å²) in [6.45, 7) is 5.35. The number of nitrogens with zero attached hydrogens (tertiary/aromatic N) is 3. The van der Waals surface area contributed by atoms with Crippen molar-refractivity contribution in [1.29, 1.82) is 0 Å². The molecule has 2 aromatic heterocycles. The van der Waals surface area contributed by atoms with E-state index in [4.69, 9.17) is 5.11 Å². The molecule has 1 aromatic carbocycles. The predicted molar refractivity (Wildman–Crippen MR) is 101 cm³/mol. The van der Waals surface area contributed by atoms with E-state index in [0.717, 1.165) is 29.3 Å². The molecule has 140 valence electrons. The fourth-order valence-electron chi connectivity index (χ4n) is 3.87. The highest BCUT2D eigenvalue weighted by Crippen LogP contribution is 2.26. The van der Waals surface area contributed by atoms with Gasteiger partial charge in [-0.3, -0.25) is 9.48 Å². The highest BCUT2D eigenvalue weighted by Gasteiger charge is 2.26. The van der Waals surface area contributed by atoms with Gasteiger partial charge in [0, 0.05) is 30.2 Å². The molecule has 1 aliphatic heterocycles. The first-order valence-corrected chi connectivity index (χ1v) is 9.09. The standard InChI is InChI=1S/C20H22N4O3/c1-12-7-13(2)16-9-18(22-17(16)8-12)19(25)23-5-3-15(4-6-23)24-11-14(10-21-24)20(26)27/h7-11,15,22H,3-6H2,1-2H3,(H,26,27). The normalized spacial score (nSPS) is 15.4. The summed E-state index contributed by atoms with van der Waals surface area (Å²) in [5.41, 5.74) is 4.12. The highest BCUT2D eigenvalue weighted by molar-refractivity contribution is 5.99. The van der Waals surface area contributed by atoms with Crippen LogP contribution >= 0.6 is 0 Å². The van der Waals surface area contributed by atoms with Gasteiger partial charge in [-0.05, 0) is 49.9 Å². The van der Waals surface area contributed by atoms with E-state index >= 15 is 0 Å². The van der Waals surface area contributed by atoms with Crippen LogP contribution in [0.25, 0.3) is 10.9 Å². The number of likely N-dealkylation sites (tertiary alicyclic amines) is 1. The Balaban J connectivity index is 1.47. The van der Waals surface area contributed by atoms with E-state index in [1.165, 1.54) is 11.8 Å². The molecule has 1 aliphatic rings. The fourth-order valence-corrected chi connectivity index (χ4v) is 3.87. The summed E-state index contributed by atoms with van der Waals surface area (Å²) in [6.07, 6.45) is 4.44. The Morgan fingerprint density at radius 3 is 2.59 bits per heavy atom. The Bertz CT molecular complexity index is 1030. The zero-order valence-electron chi connectivity index (χ0n) is 15.4. The highest BCUT2D eigenvalue weighted by atomic mass is 16.4. The number of carbonyl (C=O) groups excluding carboxylic acids is 1. The summed E-state index contributed by atoms with van der Waals surface area (Å²) in [5, 5.41) is 14.3. The molecule has 0 atom stereocenters. The summed E-state index contributed by atoms with van der Waals surface area (Å²) in [4.78, 5) is 29.0. The number of hydrogen-bond donors (Lipinski definition) is 2. The molecule has 7 heteroatoms. The van der Waals surface area contributed by atoms with Crippen LogP contribution in [0.2, 0.25) is 0 Å². The van der Waals surface area contributed by atoms with Crippen LogP contribution < -0.4 is 0 Å². The van der Waals surface area contributed by atoms with Crippen molar-refractivity contribution in [3.8, 4) is 0 Å². The van der Waals surface area contributed by atoms with Crippen LogP contribution in [0.4, 0.5) is 0 Å². The maximum Gasteiger partial charge on any atom is 0.338 e. The summed E-state index contributed by atoms with van der Waals surface area (Å²) < 4.78 is 1.71. The van der Waals surface area contributed by atoms with Crippen molar-refractivity contribution in [1.82, 2.24) is 19.7 Å². The molecule has 3 aromatic rings. The number of benzene rings is 1. The van der Waals surface area contributed by atoms with Crippen LogP contribution in [0.15, 0.2) is 30.6 Å². The number of aryl methyl sites for hydroxylation is 2. The van der Waals surface area contributed by atoms with Crippen LogP contribution in [-0.4, -0.2) is 49.7 Å². The second-order valence-corrected chi connectivity index (χ2v) is 7.26. The van der Waals surface area contributed by atoms with Crippen molar-refractivity contribution in [2.45, 2.75) is 32.7 Å².